The van der Waals surface area contributed by atoms with Crippen molar-refractivity contribution in [3.63, 3.8) is 0 Å². The molecule has 0 aliphatic carbocycles. The maximum atomic E-state index is 13.7. The molecule has 2 heterocycles. The molecule has 144 valence electrons. The number of ether oxygens (including phenoxy) is 1. The Hall–Kier alpha value is -1.84. The van der Waals surface area contributed by atoms with Gasteiger partial charge < -0.3 is 20.3 Å². The molecule has 9 heteroatoms. The maximum Gasteiger partial charge on any atom is 0.351 e. The summed E-state index contributed by atoms with van der Waals surface area (Å²) < 4.78 is 19.7. The molecule has 1 saturated heterocycles. The van der Waals surface area contributed by atoms with Crippen LogP contribution in [0.5, 0.6) is 0 Å². The Morgan fingerprint density at radius 2 is 1.88 bits per heavy atom. The highest BCUT2D eigenvalue weighted by molar-refractivity contribution is 5.87. The SMILES string of the molecule is CC.CC(=O)Nc1nc(=O)n(C2OC(C)C(O)C2O)cc1F.CCC. The zero-order valence-corrected chi connectivity index (χ0v) is 15.5. The van der Waals surface area contributed by atoms with Gasteiger partial charge in [-0.3, -0.25) is 9.36 Å². The first-order valence-corrected chi connectivity index (χ1v) is 8.30. The van der Waals surface area contributed by atoms with Gasteiger partial charge in [0.05, 0.1) is 12.3 Å². The Bertz CT molecular complexity index is 608. The molecule has 8 nitrogen and oxygen atoms in total. The molecule has 1 aromatic rings. The molecule has 1 amide bonds. The topological polar surface area (TPSA) is 114 Å². The zero-order valence-electron chi connectivity index (χ0n) is 15.5. The van der Waals surface area contributed by atoms with Crippen LogP contribution < -0.4 is 11.0 Å². The Balaban J connectivity index is 0.00000104. The van der Waals surface area contributed by atoms with E-state index in [2.05, 4.69) is 24.1 Å². The van der Waals surface area contributed by atoms with Crippen molar-refractivity contribution in [3.05, 3.63) is 22.5 Å². The number of nitrogens with one attached hydrogen (secondary N) is 1. The van der Waals surface area contributed by atoms with Crippen LogP contribution >= 0.6 is 0 Å². The quantitative estimate of drug-likeness (QED) is 0.734. The summed E-state index contributed by atoms with van der Waals surface area (Å²) in [6.45, 7) is 10.9. The summed E-state index contributed by atoms with van der Waals surface area (Å²) in [5.41, 5.74) is -0.916. The average Bonchev–Trinajstić information content (AvgIpc) is 2.80. The first-order valence-electron chi connectivity index (χ1n) is 8.30. The number of anilines is 1. The molecule has 0 bridgehead atoms. The van der Waals surface area contributed by atoms with Gasteiger partial charge in [-0.1, -0.05) is 34.1 Å². The third kappa shape index (κ3) is 6.18. The second kappa shape index (κ2) is 10.9. The molecule has 4 atom stereocenters. The predicted molar refractivity (Wildman–Crippen MR) is 91.7 cm³/mol. The van der Waals surface area contributed by atoms with E-state index >= 15 is 0 Å². The molecule has 1 aromatic heterocycles. The Morgan fingerprint density at radius 3 is 2.28 bits per heavy atom. The lowest BCUT2D eigenvalue weighted by atomic mass is 10.1. The van der Waals surface area contributed by atoms with E-state index in [1.165, 1.54) is 13.3 Å². The van der Waals surface area contributed by atoms with E-state index in [1.54, 1.807) is 0 Å². The molecular weight excluding hydrogens is 333 g/mol. The zero-order chi connectivity index (χ0) is 19.7. The third-order valence-corrected chi connectivity index (χ3v) is 2.95. The number of halogens is 1. The number of rotatable bonds is 2. The van der Waals surface area contributed by atoms with Gasteiger partial charge in [0.25, 0.3) is 0 Å². The number of hydrogen-bond acceptors (Lipinski definition) is 6. The molecule has 0 radical (unpaired) electrons. The van der Waals surface area contributed by atoms with Crippen molar-refractivity contribution in [2.24, 2.45) is 0 Å². The Kier molecular flexibility index (Phi) is 10.1. The van der Waals surface area contributed by atoms with Crippen molar-refractivity contribution < 1.29 is 24.1 Å². The minimum atomic E-state index is -1.38. The Labute approximate surface area is 146 Å². The van der Waals surface area contributed by atoms with Crippen LogP contribution in [0.4, 0.5) is 10.2 Å². The molecule has 4 unspecified atom stereocenters. The molecule has 1 aliphatic rings. The normalized spacial score (nSPS) is 24.5. The summed E-state index contributed by atoms with van der Waals surface area (Å²) in [5.74, 6) is -2.03. The van der Waals surface area contributed by atoms with Crippen LogP contribution in [0.15, 0.2) is 11.0 Å². The molecule has 0 aromatic carbocycles. The fraction of sp³-hybridized carbons (Fsp3) is 0.688. The Morgan fingerprint density at radius 1 is 1.36 bits per heavy atom. The number of amides is 1. The van der Waals surface area contributed by atoms with E-state index in [4.69, 9.17) is 4.74 Å². The van der Waals surface area contributed by atoms with Crippen LogP contribution in [0.3, 0.4) is 0 Å². The lowest BCUT2D eigenvalue weighted by Gasteiger charge is -2.17. The first-order chi connectivity index (χ1) is 11.7. The second-order valence-electron chi connectivity index (χ2n) is 5.23. The lowest BCUT2D eigenvalue weighted by molar-refractivity contribution is -0.114. The van der Waals surface area contributed by atoms with E-state index in [1.807, 2.05) is 13.8 Å². The van der Waals surface area contributed by atoms with Crippen molar-refractivity contribution >= 4 is 11.7 Å². The molecule has 2 rings (SSSR count). The average molecular weight is 361 g/mol. The van der Waals surface area contributed by atoms with Gasteiger partial charge in [0.15, 0.2) is 17.9 Å². The summed E-state index contributed by atoms with van der Waals surface area (Å²) in [6, 6.07) is 0. The van der Waals surface area contributed by atoms with Crippen molar-refractivity contribution in [1.82, 2.24) is 9.55 Å². The molecule has 3 N–H and O–H groups in total. The van der Waals surface area contributed by atoms with Gasteiger partial charge >= 0.3 is 5.69 Å². The monoisotopic (exact) mass is 361 g/mol. The number of carbonyl (C=O) groups is 1. The number of aliphatic hydroxyl groups is 2. The van der Waals surface area contributed by atoms with Gasteiger partial charge in [-0.15, -0.1) is 0 Å². The maximum absolute atomic E-state index is 13.7. The molecule has 0 spiro atoms. The van der Waals surface area contributed by atoms with Gasteiger partial charge in [0, 0.05) is 6.92 Å². The number of carbonyl (C=O) groups excluding carboxylic acids is 1. The molecule has 25 heavy (non-hydrogen) atoms. The highest BCUT2D eigenvalue weighted by Gasteiger charge is 2.42. The summed E-state index contributed by atoms with van der Waals surface area (Å²) in [4.78, 5) is 26.0. The second-order valence-corrected chi connectivity index (χ2v) is 5.23. The van der Waals surface area contributed by atoms with Gasteiger partial charge in [-0.2, -0.15) is 4.98 Å². The lowest BCUT2D eigenvalue weighted by Crippen LogP contribution is -2.36. The van der Waals surface area contributed by atoms with E-state index in [-0.39, 0.29) is 0 Å². The van der Waals surface area contributed by atoms with Crippen molar-refractivity contribution in [2.75, 3.05) is 5.32 Å². The van der Waals surface area contributed by atoms with E-state index < -0.39 is 47.8 Å². The summed E-state index contributed by atoms with van der Waals surface area (Å²) >= 11 is 0. The van der Waals surface area contributed by atoms with Gasteiger partial charge in [-0.05, 0) is 6.92 Å². The summed E-state index contributed by atoms with van der Waals surface area (Å²) in [7, 11) is 0. The van der Waals surface area contributed by atoms with Crippen LogP contribution in [0.1, 0.15) is 54.2 Å². The number of aliphatic hydroxyl groups excluding tert-OH is 2. The van der Waals surface area contributed by atoms with Gasteiger partial charge in [0.1, 0.15) is 12.2 Å². The summed E-state index contributed by atoms with van der Waals surface area (Å²) in [6.07, 6.45) is -2.50. The van der Waals surface area contributed by atoms with E-state index in [9.17, 15) is 24.2 Å². The first kappa shape index (κ1) is 23.2. The van der Waals surface area contributed by atoms with Crippen LogP contribution in [-0.2, 0) is 9.53 Å². The number of aromatic nitrogens is 2. The molecular formula is C16H28FN3O5. The minimum absolute atomic E-state index is 0.500. The van der Waals surface area contributed by atoms with Crippen LogP contribution in [0.2, 0.25) is 0 Å². The highest BCUT2D eigenvalue weighted by atomic mass is 19.1. The van der Waals surface area contributed by atoms with Crippen molar-refractivity contribution in [1.29, 1.82) is 0 Å². The van der Waals surface area contributed by atoms with Crippen molar-refractivity contribution in [3.8, 4) is 0 Å². The fourth-order valence-electron chi connectivity index (χ4n) is 1.94. The van der Waals surface area contributed by atoms with E-state index in [0.717, 1.165) is 17.7 Å². The van der Waals surface area contributed by atoms with E-state index in [0.29, 0.717) is 0 Å². The fourth-order valence-corrected chi connectivity index (χ4v) is 1.94. The highest BCUT2D eigenvalue weighted by Crippen LogP contribution is 2.28. The molecule has 1 aliphatic heterocycles. The smallest absolute Gasteiger partial charge is 0.351 e. The summed E-state index contributed by atoms with van der Waals surface area (Å²) in [5, 5.41) is 21.4. The third-order valence-electron chi connectivity index (χ3n) is 2.95. The minimum Gasteiger partial charge on any atom is -0.388 e. The number of nitrogens with zero attached hydrogens (tertiary/aromatic N) is 2. The van der Waals surface area contributed by atoms with Crippen LogP contribution in [0, 0.1) is 5.82 Å². The van der Waals surface area contributed by atoms with Crippen LogP contribution in [0.25, 0.3) is 0 Å². The van der Waals surface area contributed by atoms with Gasteiger partial charge in [-0.25, -0.2) is 9.18 Å². The van der Waals surface area contributed by atoms with Crippen LogP contribution in [-0.4, -0.2) is 44.0 Å². The molecule has 0 saturated carbocycles. The standard InChI is InChI=1S/C11H14FN3O5.C3H8.C2H6/c1-4-7(17)8(18)10(20-4)15-3-6(12)9(13-5(2)16)14-11(15)19;1-3-2;1-2/h3-4,7-8,10,17-18H,1-2H3,(H,13,14,16,19);3H2,1-2H3;1-2H3. The van der Waals surface area contributed by atoms with Gasteiger partial charge in [0.2, 0.25) is 5.91 Å². The molecule has 1 fully saturated rings. The van der Waals surface area contributed by atoms with Crippen molar-refractivity contribution in [2.45, 2.75) is 72.5 Å². The predicted octanol–water partition coefficient (Wildman–Crippen LogP) is 1.42. The largest absolute Gasteiger partial charge is 0.388 e. The number of hydrogen-bond donors (Lipinski definition) is 3.